The van der Waals surface area contributed by atoms with Gasteiger partial charge in [-0.15, -0.1) is 0 Å². The number of hydrogen-bond donors (Lipinski definition) is 3. The monoisotopic (exact) mass is 553 g/mol. The van der Waals surface area contributed by atoms with Crippen LogP contribution in [-0.4, -0.2) is 37.1 Å². The van der Waals surface area contributed by atoms with Crippen molar-refractivity contribution in [2.75, 3.05) is 22.5 Å². The van der Waals surface area contributed by atoms with E-state index in [0.29, 0.717) is 10.5 Å². The molecule has 0 radical (unpaired) electrons. The molecule has 3 rings (SSSR count). The summed E-state index contributed by atoms with van der Waals surface area (Å²) in [5, 5.41) is 8.96. The predicted octanol–water partition coefficient (Wildman–Crippen LogP) is 5.29. The summed E-state index contributed by atoms with van der Waals surface area (Å²) < 4.78 is 1.50. The topological polar surface area (TPSA) is 70.2 Å². The first kappa shape index (κ1) is 23.9. The van der Waals surface area contributed by atoms with Crippen molar-refractivity contribution in [1.82, 2.24) is 10.6 Å². The Morgan fingerprint density at radius 3 is 2.55 bits per heavy atom. The number of aryl methyl sites for hydroxylation is 1. The molecule has 1 saturated heterocycles. The Hall–Kier alpha value is -1.74. The Labute approximate surface area is 196 Å². The SMILES string of the molecule is CCCC1CI1C(NC(=O)Nc1ccc(SC)cc1)C(=O)NCCCc1ccccc1. The molecule has 3 amide bonds. The number of nitrogens with one attached hydrogen (secondary N) is 3. The Morgan fingerprint density at radius 2 is 1.87 bits per heavy atom. The van der Waals surface area contributed by atoms with Crippen LogP contribution in [-0.2, 0) is 11.2 Å². The second kappa shape index (κ2) is 12.3. The van der Waals surface area contributed by atoms with E-state index in [0.717, 1.165) is 34.3 Å². The summed E-state index contributed by atoms with van der Waals surface area (Å²) in [6.45, 7) is 2.82. The number of hydrogen-bond acceptors (Lipinski definition) is 3. The molecule has 31 heavy (non-hydrogen) atoms. The Morgan fingerprint density at radius 1 is 1.13 bits per heavy atom. The molecule has 1 aliphatic heterocycles. The van der Waals surface area contributed by atoms with E-state index in [2.05, 4.69) is 35.0 Å². The molecule has 2 aromatic carbocycles. The average molecular weight is 554 g/mol. The Kier molecular flexibility index (Phi) is 9.52. The van der Waals surface area contributed by atoms with Gasteiger partial charge in [-0.2, -0.15) is 0 Å². The first-order valence-electron chi connectivity index (χ1n) is 10.8. The molecule has 2 unspecified atom stereocenters. The zero-order valence-corrected chi connectivity index (χ0v) is 21.2. The third-order valence-electron chi connectivity index (χ3n) is 5.14. The maximum atomic E-state index is 12.9. The summed E-state index contributed by atoms with van der Waals surface area (Å²) in [5.74, 6) is -0.00949. The molecule has 2 atom stereocenters. The zero-order valence-electron chi connectivity index (χ0n) is 18.2. The van der Waals surface area contributed by atoms with E-state index in [-0.39, 0.29) is 16.0 Å². The zero-order chi connectivity index (χ0) is 22.1. The molecule has 0 spiro atoms. The van der Waals surface area contributed by atoms with Gasteiger partial charge in [-0.05, 0) is 0 Å². The van der Waals surface area contributed by atoms with Gasteiger partial charge in [-0.1, -0.05) is 0 Å². The second-order valence-corrected chi connectivity index (χ2v) is 14.8. The van der Waals surface area contributed by atoms with Gasteiger partial charge in [0.05, 0.1) is 0 Å². The molecule has 0 bridgehead atoms. The molecular weight excluding hydrogens is 521 g/mol. The van der Waals surface area contributed by atoms with Gasteiger partial charge in [-0.3, -0.25) is 0 Å². The fourth-order valence-corrected chi connectivity index (χ4v) is 11.0. The van der Waals surface area contributed by atoms with Crippen LogP contribution in [0.1, 0.15) is 31.7 Å². The summed E-state index contributed by atoms with van der Waals surface area (Å²) in [6.07, 6.45) is 6.15. The molecule has 1 aliphatic rings. The van der Waals surface area contributed by atoms with Crippen molar-refractivity contribution in [3.63, 3.8) is 0 Å². The average Bonchev–Trinajstić information content (AvgIpc) is 3.55. The summed E-state index contributed by atoms with van der Waals surface area (Å²) in [4.78, 5) is 26.7. The maximum absolute atomic E-state index is 12.9. The second-order valence-electron chi connectivity index (χ2n) is 7.54. The van der Waals surface area contributed by atoms with E-state index < -0.39 is 19.8 Å². The molecular formula is C24H32IN3O2S. The van der Waals surface area contributed by atoms with Crippen molar-refractivity contribution in [3.05, 3.63) is 60.2 Å². The molecule has 0 aromatic heterocycles. The van der Waals surface area contributed by atoms with E-state index in [1.807, 2.05) is 48.7 Å². The molecule has 7 heteroatoms. The number of urea groups is 1. The molecule has 2 aromatic rings. The number of amides is 3. The predicted molar refractivity (Wildman–Crippen MR) is 140 cm³/mol. The number of carbonyl (C=O) groups excluding carboxylic acids is 2. The van der Waals surface area contributed by atoms with Crippen molar-refractivity contribution in [3.8, 4) is 0 Å². The van der Waals surface area contributed by atoms with Crippen LogP contribution in [0.5, 0.6) is 0 Å². The van der Waals surface area contributed by atoms with Crippen LogP contribution in [0, 0.1) is 0 Å². The fourth-order valence-electron chi connectivity index (χ4n) is 3.42. The van der Waals surface area contributed by atoms with Crippen LogP contribution in [0.15, 0.2) is 59.5 Å². The molecule has 168 valence electrons. The summed E-state index contributed by atoms with van der Waals surface area (Å²) in [6, 6.07) is 17.7. The van der Waals surface area contributed by atoms with E-state index >= 15 is 0 Å². The van der Waals surface area contributed by atoms with Crippen LogP contribution >= 0.6 is 31.6 Å². The first-order chi connectivity index (χ1) is 15.1. The van der Waals surface area contributed by atoms with E-state index in [1.165, 1.54) is 12.0 Å². The Balaban J connectivity index is 1.51. The summed E-state index contributed by atoms with van der Waals surface area (Å²) in [7, 11) is 0. The minimum atomic E-state index is -1.50. The van der Waals surface area contributed by atoms with Crippen LogP contribution in [0.25, 0.3) is 0 Å². The molecule has 1 heterocycles. The van der Waals surface area contributed by atoms with Crippen molar-refractivity contribution in [2.24, 2.45) is 0 Å². The number of anilines is 1. The third kappa shape index (κ3) is 7.71. The number of rotatable bonds is 11. The molecule has 1 fully saturated rings. The first-order valence-corrected chi connectivity index (χ1v) is 16.0. The number of carbonyl (C=O) groups is 2. The molecule has 3 N–H and O–H groups in total. The van der Waals surface area contributed by atoms with Gasteiger partial charge >= 0.3 is 198 Å². The Bertz CT molecular complexity index is 848. The van der Waals surface area contributed by atoms with Gasteiger partial charge in [0.1, 0.15) is 0 Å². The molecule has 0 saturated carbocycles. The van der Waals surface area contributed by atoms with Gasteiger partial charge in [0.2, 0.25) is 0 Å². The van der Waals surface area contributed by atoms with Crippen molar-refractivity contribution >= 4 is 49.2 Å². The van der Waals surface area contributed by atoms with E-state index in [4.69, 9.17) is 0 Å². The van der Waals surface area contributed by atoms with Gasteiger partial charge in [0.15, 0.2) is 0 Å². The van der Waals surface area contributed by atoms with Crippen LogP contribution in [0.2, 0.25) is 0 Å². The van der Waals surface area contributed by atoms with Crippen molar-refractivity contribution in [1.29, 1.82) is 0 Å². The van der Waals surface area contributed by atoms with E-state index in [9.17, 15) is 9.59 Å². The van der Waals surface area contributed by atoms with Gasteiger partial charge in [0.25, 0.3) is 0 Å². The summed E-state index contributed by atoms with van der Waals surface area (Å²) in [5.41, 5.74) is 2.01. The van der Waals surface area contributed by atoms with Gasteiger partial charge in [-0.25, -0.2) is 0 Å². The normalized spacial score (nSPS) is 17.0. The third-order valence-corrected chi connectivity index (χ3v) is 12.6. The summed E-state index contributed by atoms with van der Waals surface area (Å²) >= 11 is 0.164. The fraction of sp³-hybridized carbons (Fsp3) is 0.417. The quantitative estimate of drug-likeness (QED) is 0.116. The van der Waals surface area contributed by atoms with E-state index in [1.54, 1.807) is 11.8 Å². The van der Waals surface area contributed by atoms with Crippen LogP contribution < -0.4 is 16.0 Å². The van der Waals surface area contributed by atoms with Gasteiger partial charge < -0.3 is 0 Å². The molecule has 5 nitrogen and oxygen atoms in total. The number of alkyl halides is 3. The van der Waals surface area contributed by atoms with Crippen molar-refractivity contribution < 1.29 is 9.59 Å². The van der Waals surface area contributed by atoms with Crippen LogP contribution in [0.3, 0.4) is 0 Å². The van der Waals surface area contributed by atoms with Crippen LogP contribution in [0.4, 0.5) is 10.5 Å². The number of halogens is 1. The molecule has 0 aliphatic carbocycles. The number of thioether (sulfide) groups is 1. The van der Waals surface area contributed by atoms with Gasteiger partial charge in [0, 0.05) is 0 Å². The standard InChI is InChI=1S/C24H32IN3O2S/c1-3-8-19-17-25(19)22(23(29)26-16-7-11-18-9-5-4-6-10-18)28-24(30)27-20-12-14-21(31-2)15-13-20/h4-6,9-10,12-15,19,22H,3,7-8,11,16-17H2,1-2H3,(H,26,29)(H2,27,28,30). The van der Waals surface area contributed by atoms with Crippen molar-refractivity contribution in [2.45, 2.75) is 45.5 Å². The number of benzene rings is 2. The minimum absolute atomic E-state index is 0.00949.